The first-order chi connectivity index (χ1) is 11.7. The van der Waals surface area contributed by atoms with Crippen LogP contribution in [0, 0.1) is 0 Å². The number of rotatable bonds is 2. The van der Waals surface area contributed by atoms with E-state index in [4.69, 9.17) is 10.5 Å². The molecule has 2 aliphatic rings. The lowest BCUT2D eigenvalue weighted by molar-refractivity contribution is -0.153. The number of esters is 1. The van der Waals surface area contributed by atoms with E-state index in [0.717, 1.165) is 0 Å². The minimum absolute atomic E-state index is 0.228. The van der Waals surface area contributed by atoms with E-state index in [1.165, 1.54) is 9.80 Å². The molecule has 0 saturated carbocycles. The van der Waals surface area contributed by atoms with Crippen LogP contribution in [0.25, 0.3) is 0 Å². The van der Waals surface area contributed by atoms with Crippen molar-refractivity contribution in [2.24, 2.45) is 5.73 Å². The highest BCUT2D eigenvalue weighted by molar-refractivity contribution is 6.12. The van der Waals surface area contributed by atoms with Gasteiger partial charge in [-0.2, -0.15) is 0 Å². The van der Waals surface area contributed by atoms with Crippen LogP contribution in [0.15, 0.2) is 24.3 Å². The van der Waals surface area contributed by atoms with Gasteiger partial charge in [0.15, 0.2) is 0 Å². The highest BCUT2D eigenvalue weighted by Gasteiger charge is 2.45. The minimum atomic E-state index is -0.650. The number of amides is 2. The molecule has 2 amide bonds. The smallest absolute Gasteiger partial charge is 0.326 e. The largest absolute Gasteiger partial charge is 0.459 e. The third-order valence-electron chi connectivity index (χ3n) is 4.28. The number of ether oxygens (including phenoxy) is 1. The minimum Gasteiger partial charge on any atom is -0.459 e. The van der Waals surface area contributed by atoms with Gasteiger partial charge in [0.05, 0.1) is 11.3 Å². The van der Waals surface area contributed by atoms with Crippen LogP contribution in [0.5, 0.6) is 0 Å². The van der Waals surface area contributed by atoms with Gasteiger partial charge >= 0.3 is 5.97 Å². The van der Waals surface area contributed by atoms with E-state index in [1.54, 1.807) is 45.0 Å². The molecule has 7 heteroatoms. The number of fused-ring (bicyclic) bond motifs is 2. The summed E-state index contributed by atoms with van der Waals surface area (Å²) in [7, 11) is 0. The van der Waals surface area contributed by atoms with Crippen LogP contribution in [-0.4, -0.2) is 53.5 Å². The molecule has 1 saturated heterocycles. The Hall–Kier alpha value is -2.41. The number of nitrogens with zero attached hydrogens (tertiary/aromatic N) is 2. The number of benzene rings is 1. The summed E-state index contributed by atoms with van der Waals surface area (Å²) in [5.74, 6) is -1.04. The average Bonchev–Trinajstić information content (AvgIpc) is 2.88. The Morgan fingerprint density at radius 3 is 2.64 bits per heavy atom. The quantitative estimate of drug-likeness (QED) is 0.805. The molecule has 25 heavy (non-hydrogen) atoms. The number of hydrogen-bond donors (Lipinski definition) is 1. The summed E-state index contributed by atoms with van der Waals surface area (Å²) in [5, 5.41) is 0. The fourth-order valence-corrected chi connectivity index (χ4v) is 3.34. The molecule has 134 valence electrons. The van der Waals surface area contributed by atoms with Crippen LogP contribution >= 0.6 is 0 Å². The lowest BCUT2D eigenvalue weighted by Crippen LogP contribution is -2.47. The fourth-order valence-electron chi connectivity index (χ4n) is 3.34. The van der Waals surface area contributed by atoms with Gasteiger partial charge in [0.2, 0.25) is 5.91 Å². The van der Waals surface area contributed by atoms with Crippen molar-refractivity contribution in [2.45, 2.75) is 44.9 Å². The third-order valence-corrected chi connectivity index (χ3v) is 4.28. The summed E-state index contributed by atoms with van der Waals surface area (Å²) in [4.78, 5) is 41.1. The van der Waals surface area contributed by atoms with Crippen molar-refractivity contribution in [1.29, 1.82) is 0 Å². The monoisotopic (exact) mass is 345 g/mol. The second-order valence-corrected chi connectivity index (χ2v) is 7.50. The molecular formula is C18H23N3O4. The van der Waals surface area contributed by atoms with E-state index in [1.807, 2.05) is 0 Å². The Morgan fingerprint density at radius 2 is 1.96 bits per heavy atom. The van der Waals surface area contributed by atoms with Gasteiger partial charge in [0, 0.05) is 12.6 Å². The summed E-state index contributed by atoms with van der Waals surface area (Å²) >= 11 is 0. The van der Waals surface area contributed by atoms with Crippen molar-refractivity contribution in [3.05, 3.63) is 29.8 Å². The molecule has 1 aromatic rings. The van der Waals surface area contributed by atoms with Crippen molar-refractivity contribution < 1.29 is 19.1 Å². The Balaban J connectivity index is 1.98. The molecule has 0 aliphatic carbocycles. The standard InChI is InChI=1S/C18H23N3O4/c1-18(2,3)25-15(22)10-21-13-7-5-4-6-12(13)16(23)20-9-11(19)8-14(20)17(21)24/h4-7,11,14H,8-10,19H2,1-3H3/t11?,14-/m0/s1. The summed E-state index contributed by atoms with van der Waals surface area (Å²) in [6.45, 7) is 5.41. The first kappa shape index (κ1) is 17.4. The predicted octanol–water partition coefficient (Wildman–Crippen LogP) is 0.917. The van der Waals surface area contributed by atoms with Crippen molar-refractivity contribution in [3.8, 4) is 0 Å². The van der Waals surface area contributed by atoms with Crippen LogP contribution in [0.4, 0.5) is 5.69 Å². The Bertz CT molecular complexity index is 725. The maximum Gasteiger partial charge on any atom is 0.326 e. The zero-order valence-corrected chi connectivity index (χ0v) is 14.7. The number of carbonyl (C=O) groups excluding carboxylic acids is 3. The van der Waals surface area contributed by atoms with E-state index in [0.29, 0.717) is 24.2 Å². The molecule has 1 fully saturated rings. The molecule has 2 N–H and O–H groups in total. The number of anilines is 1. The molecule has 1 unspecified atom stereocenters. The molecule has 7 nitrogen and oxygen atoms in total. The molecule has 3 rings (SSSR count). The van der Waals surface area contributed by atoms with Gasteiger partial charge in [-0.1, -0.05) is 12.1 Å². The topological polar surface area (TPSA) is 92.9 Å². The molecule has 2 heterocycles. The third kappa shape index (κ3) is 3.37. The van der Waals surface area contributed by atoms with Gasteiger partial charge in [-0.3, -0.25) is 19.3 Å². The fraction of sp³-hybridized carbons (Fsp3) is 0.500. The highest BCUT2D eigenvalue weighted by atomic mass is 16.6. The van der Waals surface area contributed by atoms with Gasteiger partial charge in [-0.05, 0) is 39.3 Å². The average molecular weight is 345 g/mol. The van der Waals surface area contributed by atoms with Crippen LogP contribution in [-0.2, 0) is 14.3 Å². The van der Waals surface area contributed by atoms with Crippen LogP contribution in [0.1, 0.15) is 37.6 Å². The van der Waals surface area contributed by atoms with Crippen LogP contribution < -0.4 is 10.6 Å². The van der Waals surface area contributed by atoms with Gasteiger partial charge in [0.25, 0.3) is 5.91 Å². The second-order valence-electron chi connectivity index (χ2n) is 7.50. The lowest BCUT2D eigenvalue weighted by atomic mass is 10.1. The summed E-state index contributed by atoms with van der Waals surface area (Å²) in [6.07, 6.45) is 0.392. The van der Waals surface area contributed by atoms with Gasteiger partial charge in [-0.25, -0.2) is 0 Å². The first-order valence-corrected chi connectivity index (χ1v) is 8.36. The number of hydrogen-bond acceptors (Lipinski definition) is 5. The van der Waals surface area contributed by atoms with E-state index in [-0.39, 0.29) is 24.4 Å². The number of carbonyl (C=O) groups is 3. The summed E-state index contributed by atoms with van der Waals surface area (Å²) in [6, 6.07) is 5.94. The molecule has 2 atom stereocenters. The Kier molecular flexibility index (Phi) is 4.28. The van der Waals surface area contributed by atoms with E-state index in [9.17, 15) is 14.4 Å². The zero-order chi connectivity index (χ0) is 18.4. The Labute approximate surface area is 146 Å². The van der Waals surface area contributed by atoms with Crippen molar-refractivity contribution in [3.63, 3.8) is 0 Å². The molecule has 0 radical (unpaired) electrons. The lowest BCUT2D eigenvalue weighted by Gasteiger charge is -2.27. The Morgan fingerprint density at radius 1 is 1.28 bits per heavy atom. The van der Waals surface area contributed by atoms with Crippen molar-refractivity contribution in [2.75, 3.05) is 18.0 Å². The summed E-state index contributed by atoms with van der Waals surface area (Å²) in [5.41, 5.74) is 6.15. The molecule has 0 spiro atoms. The maximum atomic E-state index is 13.1. The zero-order valence-electron chi connectivity index (χ0n) is 14.7. The number of nitrogens with two attached hydrogens (primary N) is 1. The van der Waals surface area contributed by atoms with Gasteiger partial charge < -0.3 is 15.4 Å². The number of para-hydroxylation sites is 1. The SMILES string of the molecule is CC(C)(C)OC(=O)CN1C(=O)[C@@H]2CC(N)CN2C(=O)c2ccccc21. The van der Waals surface area contributed by atoms with Crippen molar-refractivity contribution in [1.82, 2.24) is 4.90 Å². The van der Waals surface area contributed by atoms with Crippen LogP contribution in [0.2, 0.25) is 0 Å². The molecule has 2 aliphatic heterocycles. The normalized spacial score (nSPS) is 23.2. The molecule has 1 aromatic carbocycles. The molecular weight excluding hydrogens is 322 g/mol. The van der Waals surface area contributed by atoms with E-state index in [2.05, 4.69) is 0 Å². The van der Waals surface area contributed by atoms with Crippen LogP contribution in [0.3, 0.4) is 0 Å². The van der Waals surface area contributed by atoms with Gasteiger partial charge in [-0.15, -0.1) is 0 Å². The predicted molar refractivity (Wildman–Crippen MR) is 92.1 cm³/mol. The highest BCUT2D eigenvalue weighted by Crippen LogP contribution is 2.32. The van der Waals surface area contributed by atoms with E-state index < -0.39 is 17.6 Å². The first-order valence-electron chi connectivity index (χ1n) is 8.36. The van der Waals surface area contributed by atoms with Crippen molar-refractivity contribution >= 4 is 23.5 Å². The van der Waals surface area contributed by atoms with Gasteiger partial charge in [0.1, 0.15) is 18.2 Å². The molecule has 0 bridgehead atoms. The molecule has 0 aromatic heterocycles. The van der Waals surface area contributed by atoms with E-state index >= 15 is 0 Å². The summed E-state index contributed by atoms with van der Waals surface area (Å²) < 4.78 is 5.35. The second kappa shape index (κ2) is 6.15. The maximum absolute atomic E-state index is 13.1.